The van der Waals surface area contributed by atoms with Crippen molar-refractivity contribution in [1.29, 1.82) is 0 Å². The van der Waals surface area contributed by atoms with Gasteiger partial charge in [0.25, 0.3) is 6.79 Å². The van der Waals surface area contributed by atoms with Crippen molar-refractivity contribution in [3.05, 3.63) is 5.21 Å². The third-order valence-corrected chi connectivity index (χ3v) is 2.20. The van der Waals surface area contributed by atoms with Crippen molar-refractivity contribution >= 4 is 12.1 Å². The van der Waals surface area contributed by atoms with Crippen molar-refractivity contribution in [2.45, 2.75) is 26.4 Å². The maximum absolute atomic E-state index is 11.3. The predicted molar refractivity (Wildman–Crippen MR) is 62.0 cm³/mol. The minimum absolute atomic E-state index is 0.0542. The zero-order chi connectivity index (χ0) is 15.3. The molecule has 0 aromatic heterocycles. The number of ether oxygens (including phenoxy) is 2. The predicted octanol–water partition coefficient (Wildman–Crippen LogP) is 0.721. The molecule has 1 aliphatic rings. The van der Waals surface area contributed by atoms with E-state index in [9.17, 15) is 14.8 Å². The number of carboxylic acids is 1. The first-order chi connectivity index (χ1) is 9.19. The van der Waals surface area contributed by atoms with Crippen LogP contribution in [0.4, 0.5) is 4.79 Å². The Morgan fingerprint density at radius 2 is 2.05 bits per heavy atom. The number of nitrogens with zero attached hydrogens (tertiary/aromatic N) is 3. The number of rotatable bonds is 5. The zero-order valence-corrected chi connectivity index (χ0v) is 11.4. The first kappa shape index (κ1) is 15.8. The SMILES string of the molecule is CC(C)(C)OC(=O)OCO/N=[N+](/[O-])N1CC(C(=O)O)C1. The Bertz CT molecular complexity index is 398. The molecule has 0 atom stereocenters. The van der Waals surface area contributed by atoms with Crippen LogP contribution in [0.15, 0.2) is 5.28 Å². The Hall–Kier alpha value is -2.26. The molecule has 10 nitrogen and oxygen atoms in total. The van der Waals surface area contributed by atoms with Crippen LogP contribution in [0.3, 0.4) is 0 Å². The van der Waals surface area contributed by atoms with E-state index in [-0.39, 0.29) is 18.1 Å². The van der Waals surface area contributed by atoms with E-state index in [2.05, 4.69) is 14.9 Å². The summed E-state index contributed by atoms with van der Waals surface area (Å²) in [5.74, 6) is -1.55. The molecule has 20 heavy (non-hydrogen) atoms. The van der Waals surface area contributed by atoms with Gasteiger partial charge >= 0.3 is 12.1 Å². The van der Waals surface area contributed by atoms with Crippen LogP contribution in [0.5, 0.6) is 0 Å². The molecule has 0 aliphatic carbocycles. The molecule has 0 unspecified atom stereocenters. The quantitative estimate of drug-likeness (QED) is 0.196. The maximum atomic E-state index is 11.3. The lowest BCUT2D eigenvalue weighted by Crippen LogP contribution is -2.53. The average molecular weight is 291 g/mol. The van der Waals surface area contributed by atoms with Crippen LogP contribution < -0.4 is 0 Å². The molecule has 1 aliphatic heterocycles. The topological polar surface area (TPSA) is 124 Å². The summed E-state index contributed by atoms with van der Waals surface area (Å²) in [5, 5.41) is 24.1. The Balaban J connectivity index is 2.19. The van der Waals surface area contributed by atoms with E-state index in [0.29, 0.717) is 0 Å². The number of hydrogen-bond donors (Lipinski definition) is 1. The van der Waals surface area contributed by atoms with Crippen LogP contribution in [0.25, 0.3) is 0 Å². The van der Waals surface area contributed by atoms with Gasteiger partial charge in [0, 0.05) is 0 Å². The highest BCUT2D eigenvalue weighted by Crippen LogP contribution is 2.15. The van der Waals surface area contributed by atoms with Crippen molar-refractivity contribution < 1.29 is 34.0 Å². The van der Waals surface area contributed by atoms with Crippen molar-refractivity contribution in [2.24, 2.45) is 11.2 Å². The van der Waals surface area contributed by atoms with Crippen molar-refractivity contribution in [2.75, 3.05) is 19.9 Å². The van der Waals surface area contributed by atoms with Gasteiger partial charge in [-0.25, -0.2) is 4.79 Å². The fraction of sp³-hybridized carbons (Fsp3) is 0.800. The molecule has 0 saturated carbocycles. The van der Waals surface area contributed by atoms with Crippen LogP contribution in [0.2, 0.25) is 0 Å². The minimum Gasteiger partial charge on any atom is -0.569 e. The number of carboxylic acid groups (broad SMARTS) is 1. The zero-order valence-electron chi connectivity index (χ0n) is 11.4. The number of carbonyl (C=O) groups is 2. The molecule has 1 heterocycles. The molecule has 1 saturated heterocycles. The first-order valence-corrected chi connectivity index (χ1v) is 5.82. The third kappa shape index (κ3) is 5.16. The van der Waals surface area contributed by atoms with Gasteiger partial charge in [0.1, 0.15) is 11.5 Å². The first-order valence-electron chi connectivity index (χ1n) is 5.82. The van der Waals surface area contributed by atoms with E-state index in [1.165, 1.54) is 0 Å². The summed E-state index contributed by atoms with van der Waals surface area (Å²) in [6.45, 7) is 4.53. The van der Waals surface area contributed by atoms with Crippen LogP contribution in [0.1, 0.15) is 20.8 Å². The highest BCUT2D eigenvalue weighted by Gasteiger charge is 2.38. The lowest BCUT2D eigenvalue weighted by Gasteiger charge is -2.30. The van der Waals surface area contributed by atoms with Crippen LogP contribution in [0, 0.1) is 11.1 Å². The van der Waals surface area contributed by atoms with E-state index in [0.717, 1.165) is 5.01 Å². The Kier molecular flexibility index (Phi) is 4.94. The Labute approximate surface area is 115 Å². The lowest BCUT2D eigenvalue weighted by molar-refractivity contribution is -0.726. The second kappa shape index (κ2) is 6.26. The molecule has 0 aromatic carbocycles. The Morgan fingerprint density at radius 3 is 2.55 bits per heavy atom. The average Bonchev–Trinajstić information content (AvgIpc) is 2.19. The summed E-state index contributed by atoms with van der Waals surface area (Å²) in [7, 11) is 0. The van der Waals surface area contributed by atoms with Gasteiger partial charge in [0.05, 0.1) is 18.1 Å². The van der Waals surface area contributed by atoms with Crippen LogP contribution in [-0.2, 0) is 19.1 Å². The van der Waals surface area contributed by atoms with Gasteiger partial charge in [-0.05, 0) is 20.8 Å². The van der Waals surface area contributed by atoms with Crippen molar-refractivity contribution in [1.82, 2.24) is 5.01 Å². The highest BCUT2D eigenvalue weighted by molar-refractivity contribution is 5.71. The standard InChI is InChI=1S/C10H17N3O7/c1-10(2,3)20-9(16)18-6-19-11-13(17)12-4-7(5-12)8(14)15/h7H,4-6H2,1-3H3,(H,14,15)/b13-11+. The second-order valence-corrected chi connectivity index (χ2v) is 5.10. The van der Waals surface area contributed by atoms with Crippen molar-refractivity contribution in [3.63, 3.8) is 0 Å². The van der Waals surface area contributed by atoms with E-state index in [4.69, 9.17) is 9.84 Å². The molecule has 1 fully saturated rings. The van der Waals surface area contributed by atoms with Gasteiger partial charge < -0.3 is 24.6 Å². The molecule has 0 bridgehead atoms. The monoisotopic (exact) mass is 291 g/mol. The molecule has 10 heteroatoms. The minimum atomic E-state index is -0.969. The van der Waals surface area contributed by atoms with E-state index >= 15 is 0 Å². The van der Waals surface area contributed by atoms with Gasteiger partial charge in [0.2, 0.25) is 5.28 Å². The smallest absolute Gasteiger partial charge is 0.511 e. The van der Waals surface area contributed by atoms with E-state index in [1.807, 2.05) is 0 Å². The maximum Gasteiger partial charge on any atom is 0.511 e. The second-order valence-electron chi connectivity index (χ2n) is 5.10. The summed E-state index contributed by atoms with van der Waals surface area (Å²) in [6, 6.07) is 0. The van der Waals surface area contributed by atoms with Crippen LogP contribution >= 0.6 is 0 Å². The number of aliphatic carboxylic acids is 1. The van der Waals surface area contributed by atoms with Gasteiger partial charge in [-0.3, -0.25) is 4.79 Å². The number of hydrogen-bond acceptors (Lipinski definition) is 7. The molecule has 0 aromatic rings. The molecule has 1 N–H and O–H groups in total. The van der Waals surface area contributed by atoms with Gasteiger partial charge in [-0.2, -0.15) is 0 Å². The molecule has 1 rings (SSSR count). The van der Waals surface area contributed by atoms with Crippen LogP contribution in [-0.4, -0.2) is 52.7 Å². The molecular weight excluding hydrogens is 274 g/mol. The summed E-state index contributed by atoms with van der Waals surface area (Å²) < 4.78 is 9.32. The summed E-state index contributed by atoms with van der Waals surface area (Å²) in [4.78, 5) is 26.2. The Morgan fingerprint density at radius 1 is 1.45 bits per heavy atom. The van der Waals surface area contributed by atoms with Gasteiger partial charge in [0.15, 0.2) is 0 Å². The van der Waals surface area contributed by atoms with E-state index < -0.39 is 30.4 Å². The molecule has 114 valence electrons. The molecular formula is C10H17N3O7. The number of hydrazine groups is 1. The third-order valence-electron chi connectivity index (χ3n) is 2.20. The van der Waals surface area contributed by atoms with Gasteiger partial charge in [-0.15, -0.1) is 5.01 Å². The lowest BCUT2D eigenvalue weighted by atomic mass is 10.0. The summed E-state index contributed by atoms with van der Waals surface area (Å²) in [6.07, 6.45) is -0.944. The number of carbonyl (C=O) groups excluding carboxylic acids is 1. The van der Waals surface area contributed by atoms with Crippen molar-refractivity contribution in [3.8, 4) is 0 Å². The summed E-state index contributed by atoms with van der Waals surface area (Å²) >= 11 is 0. The summed E-state index contributed by atoms with van der Waals surface area (Å²) in [5.41, 5.74) is -0.692. The largest absolute Gasteiger partial charge is 0.569 e. The van der Waals surface area contributed by atoms with E-state index in [1.54, 1.807) is 20.8 Å². The fourth-order valence-electron chi connectivity index (χ4n) is 1.23. The molecule has 0 spiro atoms. The normalized spacial score (nSPS) is 16.4. The fourth-order valence-corrected chi connectivity index (χ4v) is 1.23. The molecule has 0 radical (unpaired) electrons. The highest BCUT2D eigenvalue weighted by atomic mass is 16.8. The molecule has 0 amide bonds. The van der Waals surface area contributed by atoms with Gasteiger partial charge in [-0.1, -0.05) is 0 Å².